The second-order valence-electron chi connectivity index (χ2n) is 2.70. The van der Waals surface area contributed by atoms with Crippen LogP contribution in [0.4, 0.5) is 4.79 Å². The van der Waals surface area contributed by atoms with Crippen molar-refractivity contribution in [1.29, 1.82) is 0 Å². The highest BCUT2D eigenvalue weighted by Crippen LogP contribution is 2.12. The number of aliphatic hydroxyl groups is 1. The first-order valence-electron chi connectivity index (χ1n) is 3.23. The van der Waals surface area contributed by atoms with Gasteiger partial charge in [-0.25, -0.2) is 4.79 Å². The summed E-state index contributed by atoms with van der Waals surface area (Å²) < 4.78 is 0. The summed E-state index contributed by atoms with van der Waals surface area (Å²) in [6.07, 6.45) is 0. The summed E-state index contributed by atoms with van der Waals surface area (Å²) >= 11 is 0. The van der Waals surface area contributed by atoms with E-state index < -0.39 is 23.4 Å². The monoisotopic (exact) mass is 172 g/mol. The molecule has 2 N–H and O–H groups in total. The second kappa shape index (κ2) is 2.28. The molecule has 66 valence electrons. The van der Waals surface area contributed by atoms with E-state index in [0.29, 0.717) is 4.90 Å². The van der Waals surface area contributed by atoms with Crippen LogP contribution in [0.25, 0.3) is 0 Å². The first-order valence-corrected chi connectivity index (χ1v) is 3.23. The number of amides is 4. The largest absolute Gasteiger partial charge is 0.372 e. The van der Waals surface area contributed by atoms with Crippen LogP contribution in [-0.4, -0.2) is 40.5 Å². The Kier molecular flexibility index (Phi) is 1.64. The number of carbonyl (C=O) groups excluding carboxylic acids is 3. The number of hydrogen-bond acceptors (Lipinski definition) is 4. The molecule has 0 saturated carbocycles. The van der Waals surface area contributed by atoms with Gasteiger partial charge in [0.1, 0.15) is 0 Å². The first-order chi connectivity index (χ1) is 5.37. The van der Waals surface area contributed by atoms with Crippen LogP contribution in [-0.2, 0) is 9.59 Å². The molecule has 6 nitrogen and oxygen atoms in total. The van der Waals surface area contributed by atoms with Crippen molar-refractivity contribution < 1.29 is 19.5 Å². The van der Waals surface area contributed by atoms with E-state index in [2.05, 4.69) is 0 Å². The van der Waals surface area contributed by atoms with Gasteiger partial charge in [0.15, 0.2) is 0 Å². The molecule has 0 spiro atoms. The van der Waals surface area contributed by atoms with E-state index in [4.69, 9.17) is 0 Å². The van der Waals surface area contributed by atoms with Gasteiger partial charge >= 0.3 is 6.03 Å². The summed E-state index contributed by atoms with van der Waals surface area (Å²) in [4.78, 5) is 33.3. The molecule has 1 aliphatic rings. The molecule has 1 heterocycles. The zero-order valence-electron chi connectivity index (χ0n) is 6.62. The SMILES string of the molecule is CN1C(=O)NC(=O)C(C)(O)C1=O. The van der Waals surface area contributed by atoms with E-state index in [0.717, 1.165) is 6.92 Å². The van der Waals surface area contributed by atoms with Gasteiger partial charge in [0.2, 0.25) is 5.60 Å². The lowest BCUT2D eigenvalue weighted by Gasteiger charge is -2.30. The highest BCUT2D eigenvalue weighted by atomic mass is 16.3. The molecule has 0 aromatic rings. The van der Waals surface area contributed by atoms with E-state index in [1.54, 1.807) is 0 Å². The Balaban J connectivity index is 3.04. The predicted molar refractivity (Wildman–Crippen MR) is 36.9 cm³/mol. The zero-order valence-corrected chi connectivity index (χ0v) is 6.62. The average Bonchev–Trinajstić information content (AvgIpc) is 1.99. The van der Waals surface area contributed by atoms with Crippen LogP contribution in [0, 0.1) is 0 Å². The van der Waals surface area contributed by atoms with Crippen LogP contribution in [0.1, 0.15) is 6.92 Å². The Hall–Kier alpha value is -1.43. The van der Waals surface area contributed by atoms with Crippen LogP contribution in [0.5, 0.6) is 0 Å². The number of urea groups is 1. The van der Waals surface area contributed by atoms with Crippen LogP contribution in [0.15, 0.2) is 0 Å². The van der Waals surface area contributed by atoms with Crippen molar-refractivity contribution in [2.24, 2.45) is 0 Å². The molecule has 0 bridgehead atoms. The third-order valence-corrected chi connectivity index (χ3v) is 1.69. The topological polar surface area (TPSA) is 86.7 Å². The van der Waals surface area contributed by atoms with Crippen LogP contribution >= 0.6 is 0 Å². The maximum absolute atomic E-state index is 11.1. The van der Waals surface area contributed by atoms with Crippen molar-refractivity contribution in [3.8, 4) is 0 Å². The number of carbonyl (C=O) groups is 3. The van der Waals surface area contributed by atoms with Crippen molar-refractivity contribution in [3.05, 3.63) is 0 Å². The molecule has 0 radical (unpaired) electrons. The van der Waals surface area contributed by atoms with E-state index in [-0.39, 0.29) is 0 Å². The fourth-order valence-electron chi connectivity index (χ4n) is 0.819. The Morgan fingerprint density at radius 1 is 1.42 bits per heavy atom. The summed E-state index contributed by atoms with van der Waals surface area (Å²) in [5.74, 6) is -1.91. The lowest BCUT2D eigenvalue weighted by Crippen LogP contribution is -2.65. The van der Waals surface area contributed by atoms with Crippen molar-refractivity contribution in [1.82, 2.24) is 10.2 Å². The van der Waals surface area contributed by atoms with Crippen molar-refractivity contribution >= 4 is 17.8 Å². The summed E-state index contributed by atoms with van der Waals surface area (Å²) in [5.41, 5.74) is -2.14. The number of imide groups is 2. The van der Waals surface area contributed by atoms with E-state index in [9.17, 15) is 19.5 Å². The summed E-state index contributed by atoms with van der Waals surface area (Å²) in [6, 6.07) is -0.823. The van der Waals surface area contributed by atoms with Crippen molar-refractivity contribution in [3.63, 3.8) is 0 Å². The van der Waals surface area contributed by atoms with Gasteiger partial charge in [-0.05, 0) is 6.92 Å². The fraction of sp³-hybridized carbons (Fsp3) is 0.500. The van der Waals surface area contributed by atoms with Gasteiger partial charge in [0, 0.05) is 7.05 Å². The van der Waals surface area contributed by atoms with Gasteiger partial charge in [-0.3, -0.25) is 19.8 Å². The number of likely N-dealkylation sites (N-methyl/N-ethyl adjacent to an activating group) is 1. The molecule has 1 atom stereocenters. The molecule has 0 aromatic heterocycles. The Labute approximate surface area is 68.1 Å². The molecule has 0 aromatic carbocycles. The minimum absolute atomic E-state index is 0.654. The van der Waals surface area contributed by atoms with Crippen molar-refractivity contribution in [2.75, 3.05) is 7.05 Å². The Morgan fingerprint density at radius 3 is 2.42 bits per heavy atom. The standard InChI is InChI=1S/C6H8N2O4/c1-6(12)3(9)7-5(11)8(2)4(6)10/h12H,1-2H3,(H,7,9,11). The normalized spacial score (nSPS) is 30.6. The first kappa shape index (κ1) is 8.66. The number of nitrogens with zero attached hydrogens (tertiary/aromatic N) is 1. The summed E-state index contributed by atoms with van der Waals surface area (Å²) in [7, 11) is 1.18. The van der Waals surface area contributed by atoms with Crippen molar-refractivity contribution in [2.45, 2.75) is 12.5 Å². The Morgan fingerprint density at radius 2 is 1.92 bits per heavy atom. The lowest BCUT2D eigenvalue weighted by atomic mass is 10.0. The van der Waals surface area contributed by atoms with Gasteiger partial charge in [0.25, 0.3) is 11.8 Å². The molecule has 6 heteroatoms. The minimum Gasteiger partial charge on any atom is -0.372 e. The van der Waals surface area contributed by atoms with Crippen LogP contribution < -0.4 is 5.32 Å². The second-order valence-corrected chi connectivity index (χ2v) is 2.70. The predicted octanol–water partition coefficient (Wildman–Crippen LogP) is -1.55. The molecule has 1 aliphatic heterocycles. The molecule has 0 aliphatic carbocycles. The van der Waals surface area contributed by atoms with Gasteiger partial charge in [-0.1, -0.05) is 0 Å². The van der Waals surface area contributed by atoms with E-state index in [1.165, 1.54) is 7.05 Å². The quantitative estimate of drug-likeness (QED) is 0.433. The average molecular weight is 172 g/mol. The molecular weight excluding hydrogens is 164 g/mol. The van der Waals surface area contributed by atoms with Crippen LogP contribution in [0.3, 0.4) is 0 Å². The van der Waals surface area contributed by atoms with Gasteiger partial charge in [-0.2, -0.15) is 0 Å². The fourth-order valence-corrected chi connectivity index (χ4v) is 0.819. The molecular formula is C6H8N2O4. The number of barbiturate groups is 1. The molecule has 1 rings (SSSR count). The molecule has 4 amide bonds. The molecule has 1 fully saturated rings. The molecule has 1 saturated heterocycles. The number of hydrogen-bond donors (Lipinski definition) is 2. The third kappa shape index (κ3) is 0.964. The minimum atomic E-state index is -2.14. The third-order valence-electron chi connectivity index (χ3n) is 1.69. The maximum atomic E-state index is 11.1. The van der Waals surface area contributed by atoms with Crippen LogP contribution in [0.2, 0.25) is 0 Å². The van der Waals surface area contributed by atoms with Gasteiger partial charge < -0.3 is 5.11 Å². The highest BCUT2D eigenvalue weighted by Gasteiger charge is 2.47. The highest BCUT2D eigenvalue weighted by molar-refractivity contribution is 6.20. The summed E-state index contributed by atoms with van der Waals surface area (Å²) in [6.45, 7) is 1.04. The smallest absolute Gasteiger partial charge is 0.330 e. The lowest BCUT2D eigenvalue weighted by molar-refractivity contribution is -0.158. The number of nitrogens with one attached hydrogen (secondary N) is 1. The molecule has 1 unspecified atom stereocenters. The van der Waals surface area contributed by atoms with Gasteiger partial charge in [0.05, 0.1) is 0 Å². The number of rotatable bonds is 0. The Bertz CT molecular complexity index is 271. The summed E-state index contributed by atoms with van der Waals surface area (Å²) in [5, 5.41) is 11.1. The van der Waals surface area contributed by atoms with Gasteiger partial charge in [-0.15, -0.1) is 0 Å². The maximum Gasteiger partial charge on any atom is 0.330 e. The molecule has 12 heavy (non-hydrogen) atoms. The van der Waals surface area contributed by atoms with E-state index >= 15 is 0 Å². The van der Waals surface area contributed by atoms with E-state index in [1.807, 2.05) is 5.32 Å². The zero-order chi connectivity index (χ0) is 9.52.